The van der Waals surface area contributed by atoms with Crippen LogP contribution in [0.5, 0.6) is 0 Å². The lowest BCUT2D eigenvalue weighted by Gasteiger charge is -2.21. The molecule has 18 heavy (non-hydrogen) atoms. The lowest BCUT2D eigenvalue weighted by atomic mass is 10.2. The van der Waals surface area contributed by atoms with Crippen LogP contribution in [0.1, 0.15) is 19.3 Å². The van der Waals surface area contributed by atoms with Crippen molar-refractivity contribution in [2.24, 2.45) is 0 Å². The highest BCUT2D eigenvalue weighted by Crippen LogP contribution is 2.19. The standard InChI is InChI=1S/C10H17NO5S2/c12-9(13)7-17-5-4-11-10(14)8-3-1-2-6-18(8,15)16/h8H,1-7H2,(H,11,14)(H,12,13). The van der Waals surface area contributed by atoms with E-state index in [4.69, 9.17) is 5.11 Å². The monoisotopic (exact) mass is 295 g/mol. The normalized spacial score (nSPS) is 22.3. The zero-order valence-corrected chi connectivity index (χ0v) is 11.6. The number of rotatable bonds is 6. The lowest BCUT2D eigenvalue weighted by Crippen LogP contribution is -2.43. The van der Waals surface area contributed by atoms with Crippen molar-refractivity contribution in [2.45, 2.75) is 24.5 Å². The summed E-state index contributed by atoms with van der Waals surface area (Å²) >= 11 is 1.19. The number of nitrogens with one attached hydrogen (secondary N) is 1. The largest absolute Gasteiger partial charge is 0.481 e. The molecule has 0 aromatic rings. The molecule has 0 aromatic carbocycles. The van der Waals surface area contributed by atoms with E-state index in [0.29, 0.717) is 25.1 Å². The van der Waals surface area contributed by atoms with Crippen LogP contribution in [0.25, 0.3) is 0 Å². The van der Waals surface area contributed by atoms with Crippen LogP contribution in [0.3, 0.4) is 0 Å². The molecule has 1 aliphatic heterocycles. The van der Waals surface area contributed by atoms with Crippen LogP contribution in [0.4, 0.5) is 0 Å². The van der Waals surface area contributed by atoms with Crippen LogP contribution in [0.2, 0.25) is 0 Å². The van der Waals surface area contributed by atoms with Gasteiger partial charge in [0.1, 0.15) is 5.25 Å². The van der Waals surface area contributed by atoms with E-state index in [1.807, 2.05) is 0 Å². The second-order valence-corrected chi connectivity index (χ2v) is 7.50. The summed E-state index contributed by atoms with van der Waals surface area (Å²) in [7, 11) is -3.29. The Morgan fingerprint density at radius 1 is 1.33 bits per heavy atom. The molecule has 0 aromatic heterocycles. The highest BCUT2D eigenvalue weighted by molar-refractivity contribution is 7.99. The fourth-order valence-corrected chi connectivity index (χ4v) is 4.16. The van der Waals surface area contributed by atoms with E-state index in [1.54, 1.807) is 0 Å². The van der Waals surface area contributed by atoms with Gasteiger partial charge in [-0.1, -0.05) is 6.42 Å². The molecule has 0 aliphatic carbocycles. The van der Waals surface area contributed by atoms with E-state index in [1.165, 1.54) is 11.8 Å². The van der Waals surface area contributed by atoms with Gasteiger partial charge >= 0.3 is 5.97 Å². The van der Waals surface area contributed by atoms with Gasteiger partial charge in [0.15, 0.2) is 9.84 Å². The van der Waals surface area contributed by atoms with Crippen molar-refractivity contribution in [3.05, 3.63) is 0 Å². The van der Waals surface area contributed by atoms with Gasteiger partial charge in [0.2, 0.25) is 5.91 Å². The highest BCUT2D eigenvalue weighted by atomic mass is 32.2. The van der Waals surface area contributed by atoms with Crippen molar-refractivity contribution >= 4 is 33.5 Å². The van der Waals surface area contributed by atoms with Crippen LogP contribution in [0.15, 0.2) is 0 Å². The van der Waals surface area contributed by atoms with Gasteiger partial charge in [0.25, 0.3) is 0 Å². The summed E-state index contributed by atoms with van der Waals surface area (Å²) in [6.45, 7) is 0.294. The fourth-order valence-electron chi connectivity index (χ4n) is 1.77. The van der Waals surface area contributed by atoms with Crippen molar-refractivity contribution in [1.29, 1.82) is 0 Å². The number of sulfone groups is 1. The molecule has 1 saturated heterocycles. The number of amides is 1. The Kier molecular flexibility index (Phi) is 5.94. The third-order valence-corrected chi connectivity index (χ3v) is 5.76. The number of aliphatic carboxylic acids is 1. The van der Waals surface area contributed by atoms with Crippen molar-refractivity contribution in [2.75, 3.05) is 23.8 Å². The summed E-state index contributed by atoms with van der Waals surface area (Å²) in [5.41, 5.74) is 0. The first kappa shape index (κ1) is 15.3. The molecule has 1 fully saturated rings. The molecule has 6 nitrogen and oxygen atoms in total. The number of carbonyl (C=O) groups excluding carboxylic acids is 1. The van der Waals surface area contributed by atoms with Crippen LogP contribution in [-0.2, 0) is 19.4 Å². The SMILES string of the molecule is O=C(O)CSCCNC(=O)C1CCCCS1(=O)=O. The van der Waals surface area contributed by atoms with Crippen LogP contribution in [0, 0.1) is 0 Å². The van der Waals surface area contributed by atoms with Gasteiger partial charge in [-0.05, 0) is 12.8 Å². The van der Waals surface area contributed by atoms with Crippen LogP contribution in [-0.4, -0.2) is 54.5 Å². The molecule has 1 amide bonds. The minimum absolute atomic E-state index is 0.0163. The molecule has 1 atom stereocenters. The third-order valence-electron chi connectivity index (χ3n) is 2.64. The molecular formula is C10H17NO5S2. The highest BCUT2D eigenvalue weighted by Gasteiger charge is 2.34. The maximum Gasteiger partial charge on any atom is 0.313 e. The van der Waals surface area contributed by atoms with Crippen molar-refractivity contribution in [1.82, 2.24) is 5.32 Å². The Hall–Kier alpha value is -0.760. The molecule has 0 spiro atoms. The molecule has 0 bridgehead atoms. The van der Waals surface area contributed by atoms with Gasteiger partial charge in [-0.15, -0.1) is 11.8 Å². The van der Waals surface area contributed by atoms with E-state index < -0.39 is 27.0 Å². The summed E-state index contributed by atoms with van der Waals surface area (Å²) < 4.78 is 23.3. The number of thioether (sulfide) groups is 1. The summed E-state index contributed by atoms with van der Waals surface area (Å²) in [5.74, 6) is -0.826. The molecule has 2 N–H and O–H groups in total. The Labute approximate surface area is 110 Å². The molecule has 104 valence electrons. The van der Waals surface area contributed by atoms with E-state index in [9.17, 15) is 18.0 Å². The van der Waals surface area contributed by atoms with Gasteiger partial charge < -0.3 is 10.4 Å². The first-order valence-corrected chi connectivity index (χ1v) is 8.59. The third kappa shape index (κ3) is 4.85. The first-order chi connectivity index (χ1) is 8.43. The molecule has 0 saturated carbocycles. The molecule has 1 rings (SSSR count). The molecule has 0 radical (unpaired) electrons. The lowest BCUT2D eigenvalue weighted by molar-refractivity contribution is -0.133. The Balaban J connectivity index is 2.30. The van der Waals surface area contributed by atoms with E-state index in [-0.39, 0.29) is 11.5 Å². The average Bonchev–Trinajstić information content (AvgIpc) is 2.27. The number of hydrogen-bond acceptors (Lipinski definition) is 5. The molecule has 1 aliphatic rings. The predicted octanol–water partition coefficient (Wildman–Crippen LogP) is -0.112. The molecule has 1 unspecified atom stereocenters. The topological polar surface area (TPSA) is 101 Å². The second kappa shape index (κ2) is 6.98. The van der Waals surface area contributed by atoms with Crippen LogP contribution >= 0.6 is 11.8 Å². The van der Waals surface area contributed by atoms with Crippen LogP contribution < -0.4 is 5.32 Å². The van der Waals surface area contributed by atoms with E-state index >= 15 is 0 Å². The number of carboxylic acid groups (broad SMARTS) is 1. The maximum atomic E-state index is 11.7. The summed E-state index contributed by atoms with van der Waals surface area (Å²) in [5, 5.41) is 10.0. The minimum atomic E-state index is -3.29. The van der Waals surface area contributed by atoms with Gasteiger partial charge in [0, 0.05) is 12.3 Å². The number of carboxylic acids is 1. The van der Waals surface area contributed by atoms with Gasteiger partial charge in [-0.3, -0.25) is 9.59 Å². The quantitative estimate of drug-likeness (QED) is 0.663. The van der Waals surface area contributed by atoms with Crippen molar-refractivity contribution in [3.63, 3.8) is 0 Å². The van der Waals surface area contributed by atoms with Gasteiger partial charge in [-0.2, -0.15) is 0 Å². The maximum absolute atomic E-state index is 11.7. The second-order valence-electron chi connectivity index (χ2n) is 4.09. The van der Waals surface area contributed by atoms with Crippen molar-refractivity contribution < 1.29 is 23.1 Å². The molecule has 1 heterocycles. The van der Waals surface area contributed by atoms with Gasteiger partial charge in [-0.25, -0.2) is 8.42 Å². The fraction of sp³-hybridized carbons (Fsp3) is 0.800. The molecular weight excluding hydrogens is 278 g/mol. The zero-order chi connectivity index (χ0) is 13.6. The van der Waals surface area contributed by atoms with Crippen molar-refractivity contribution in [3.8, 4) is 0 Å². The van der Waals surface area contributed by atoms with E-state index in [2.05, 4.69) is 5.32 Å². The average molecular weight is 295 g/mol. The number of hydrogen-bond donors (Lipinski definition) is 2. The smallest absolute Gasteiger partial charge is 0.313 e. The Bertz CT molecular complexity index is 406. The predicted molar refractivity (Wildman–Crippen MR) is 69.4 cm³/mol. The first-order valence-electron chi connectivity index (χ1n) is 5.72. The summed E-state index contributed by atoms with van der Waals surface area (Å²) in [6, 6.07) is 0. The Morgan fingerprint density at radius 2 is 2.06 bits per heavy atom. The Morgan fingerprint density at radius 3 is 2.67 bits per heavy atom. The van der Waals surface area contributed by atoms with Gasteiger partial charge in [0.05, 0.1) is 11.5 Å². The number of carbonyl (C=O) groups is 2. The van der Waals surface area contributed by atoms with E-state index in [0.717, 1.165) is 6.42 Å². The summed E-state index contributed by atoms with van der Waals surface area (Å²) in [6.07, 6.45) is 1.77. The molecule has 8 heteroatoms. The zero-order valence-electron chi connectivity index (χ0n) is 9.92. The minimum Gasteiger partial charge on any atom is -0.481 e. The summed E-state index contributed by atoms with van der Waals surface area (Å²) in [4.78, 5) is 21.9.